The molecule has 0 saturated heterocycles. The van der Waals surface area contributed by atoms with E-state index in [1.807, 2.05) is 0 Å². The largest absolute Gasteiger partial charge is 0.491 e. The third-order valence-corrected chi connectivity index (χ3v) is 0.945. The van der Waals surface area contributed by atoms with Gasteiger partial charge in [0.25, 0.3) is 0 Å². The monoisotopic (exact) mass is 156 g/mol. The van der Waals surface area contributed by atoms with Crippen LogP contribution in [0.3, 0.4) is 0 Å². The second kappa shape index (κ2) is 4.72. The predicted octanol–water partition coefficient (Wildman–Crippen LogP) is 2.97. The fourth-order valence-corrected chi connectivity index (χ4v) is 0.578. The van der Waals surface area contributed by atoms with Crippen molar-refractivity contribution in [2.45, 2.75) is 13.8 Å². The highest BCUT2D eigenvalue weighted by Gasteiger charge is 2.00. The van der Waals surface area contributed by atoms with Crippen molar-refractivity contribution in [3.8, 4) is 0 Å². The number of hydrogen-bond donors (Lipinski definition) is 0. The van der Waals surface area contributed by atoms with Crippen LogP contribution in [0.4, 0.5) is 4.39 Å². The molecule has 0 aromatic heterocycles. The van der Waals surface area contributed by atoms with Gasteiger partial charge in [-0.05, 0) is 19.9 Å². The summed E-state index contributed by atoms with van der Waals surface area (Å²) in [5.74, 6) is -0.394. The van der Waals surface area contributed by atoms with E-state index in [1.54, 1.807) is 13.8 Å². The summed E-state index contributed by atoms with van der Waals surface area (Å²) in [7, 11) is 0. The minimum atomic E-state index is -0.560. The maximum atomic E-state index is 12.5. The second-order valence-corrected chi connectivity index (χ2v) is 2.19. The molecule has 0 aliphatic rings. The van der Waals surface area contributed by atoms with Crippen LogP contribution < -0.4 is 0 Å². The van der Waals surface area contributed by atoms with Gasteiger partial charge in [-0.2, -0.15) is 0 Å². The average Bonchev–Trinajstić information content (AvgIpc) is 1.86. The summed E-state index contributed by atoms with van der Waals surface area (Å²) >= 11 is 0. The van der Waals surface area contributed by atoms with E-state index in [4.69, 9.17) is 4.74 Å². The van der Waals surface area contributed by atoms with Gasteiger partial charge in [-0.15, -0.1) is 0 Å². The Morgan fingerprint density at radius 2 is 2.09 bits per heavy atom. The molecule has 0 rings (SSSR count). The zero-order valence-corrected chi connectivity index (χ0v) is 6.98. The Morgan fingerprint density at radius 1 is 1.55 bits per heavy atom. The minimum absolute atomic E-state index is 0.167. The standard InChI is InChI=1S/C9H13FO/c1-5-11-9(8(4)10)6-7(2)3/h6H,2,4-5H2,1,3H3/b9-6+. The molecule has 0 aliphatic heterocycles. The van der Waals surface area contributed by atoms with Crippen LogP contribution in [0.2, 0.25) is 0 Å². The number of allylic oxidation sites excluding steroid dienone is 3. The van der Waals surface area contributed by atoms with Gasteiger partial charge in [-0.25, -0.2) is 4.39 Å². The first-order valence-corrected chi connectivity index (χ1v) is 3.42. The summed E-state index contributed by atoms with van der Waals surface area (Å²) in [4.78, 5) is 0. The molecule has 1 nitrogen and oxygen atoms in total. The van der Waals surface area contributed by atoms with Crippen LogP contribution in [-0.2, 0) is 4.74 Å². The van der Waals surface area contributed by atoms with Crippen LogP contribution in [0.5, 0.6) is 0 Å². The lowest BCUT2D eigenvalue weighted by Crippen LogP contribution is -1.91. The van der Waals surface area contributed by atoms with E-state index in [2.05, 4.69) is 13.2 Å². The van der Waals surface area contributed by atoms with Gasteiger partial charge in [0, 0.05) is 0 Å². The predicted molar refractivity (Wildman–Crippen MR) is 44.8 cm³/mol. The minimum Gasteiger partial charge on any atom is -0.491 e. The van der Waals surface area contributed by atoms with Gasteiger partial charge < -0.3 is 4.74 Å². The average molecular weight is 156 g/mol. The molecular weight excluding hydrogens is 143 g/mol. The fraction of sp³-hybridized carbons (Fsp3) is 0.333. The molecule has 0 heterocycles. The summed E-state index contributed by atoms with van der Waals surface area (Å²) in [6, 6.07) is 0. The smallest absolute Gasteiger partial charge is 0.157 e. The molecule has 0 aromatic carbocycles. The molecule has 2 heteroatoms. The number of ether oxygens (including phenoxy) is 1. The highest BCUT2D eigenvalue weighted by molar-refractivity contribution is 5.25. The molecule has 0 saturated carbocycles. The lowest BCUT2D eigenvalue weighted by Gasteiger charge is -2.04. The molecule has 0 fully saturated rings. The molecule has 0 N–H and O–H groups in total. The third-order valence-electron chi connectivity index (χ3n) is 0.945. The van der Waals surface area contributed by atoms with Crippen molar-refractivity contribution < 1.29 is 9.13 Å². The Balaban J connectivity index is 4.32. The van der Waals surface area contributed by atoms with Crippen LogP contribution in [0.15, 0.2) is 36.4 Å². The van der Waals surface area contributed by atoms with Gasteiger partial charge >= 0.3 is 0 Å². The summed E-state index contributed by atoms with van der Waals surface area (Å²) in [6.07, 6.45) is 1.52. The van der Waals surface area contributed by atoms with Gasteiger partial charge in [0.2, 0.25) is 0 Å². The molecule has 0 bridgehead atoms. The highest BCUT2D eigenvalue weighted by Crippen LogP contribution is 2.12. The van der Waals surface area contributed by atoms with Crippen LogP contribution in [-0.4, -0.2) is 6.61 Å². The molecule has 62 valence electrons. The first-order chi connectivity index (χ1) is 5.07. The van der Waals surface area contributed by atoms with Crippen molar-refractivity contribution in [1.82, 2.24) is 0 Å². The Morgan fingerprint density at radius 3 is 2.36 bits per heavy atom. The summed E-state index contributed by atoms with van der Waals surface area (Å²) in [5.41, 5.74) is 0.743. The molecule has 0 radical (unpaired) electrons. The third kappa shape index (κ3) is 4.37. The lowest BCUT2D eigenvalue weighted by molar-refractivity contribution is 0.225. The van der Waals surface area contributed by atoms with Gasteiger partial charge in [-0.3, -0.25) is 0 Å². The van der Waals surface area contributed by atoms with E-state index in [0.717, 1.165) is 5.57 Å². The van der Waals surface area contributed by atoms with E-state index < -0.39 is 5.83 Å². The van der Waals surface area contributed by atoms with E-state index >= 15 is 0 Å². The van der Waals surface area contributed by atoms with E-state index in [-0.39, 0.29) is 5.76 Å². The number of halogens is 1. The van der Waals surface area contributed by atoms with Gasteiger partial charge in [0.15, 0.2) is 11.6 Å². The van der Waals surface area contributed by atoms with Gasteiger partial charge in [-0.1, -0.05) is 18.7 Å². The van der Waals surface area contributed by atoms with Crippen LogP contribution >= 0.6 is 0 Å². The second-order valence-electron chi connectivity index (χ2n) is 2.19. The van der Waals surface area contributed by atoms with Crippen LogP contribution in [0.25, 0.3) is 0 Å². The number of hydrogen-bond acceptors (Lipinski definition) is 1. The highest BCUT2D eigenvalue weighted by atomic mass is 19.1. The Bertz CT molecular complexity index is 192. The van der Waals surface area contributed by atoms with Crippen LogP contribution in [0.1, 0.15) is 13.8 Å². The summed E-state index contributed by atoms with van der Waals surface area (Å²) < 4.78 is 17.4. The van der Waals surface area contributed by atoms with Crippen molar-refractivity contribution in [2.75, 3.05) is 6.61 Å². The van der Waals surface area contributed by atoms with Crippen molar-refractivity contribution in [3.63, 3.8) is 0 Å². The van der Waals surface area contributed by atoms with Crippen molar-refractivity contribution in [2.24, 2.45) is 0 Å². The van der Waals surface area contributed by atoms with Gasteiger partial charge in [0.1, 0.15) is 0 Å². The summed E-state index contributed by atoms with van der Waals surface area (Å²) in [6.45, 7) is 10.7. The summed E-state index contributed by atoms with van der Waals surface area (Å²) in [5, 5.41) is 0. The SMILES string of the molecule is C=C(C)/C=C(/OCC)C(=C)F. The van der Waals surface area contributed by atoms with Crippen molar-refractivity contribution in [1.29, 1.82) is 0 Å². The van der Waals surface area contributed by atoms with E-state index in [9.17, 15) is 4.39 Å². The molecule has 0 amide bonds. The zero-order valence-electron chi connectivity index (χ0n) is 6.98. The maximum absolute atomic E-state index is 12.5. The topological polar surface area (TPSA) is 9.23 Å². The van der Waals surface area contributed by atoms with Crippen molar-refractivity contribution in [3.05, 3.63) is 36.4 Å². The first-order valence-electron chi connectivity index (χ1n) is 3.42. The molecule has 0 unspecified atom stereocenters. The molecular formula is C9H13FO. The lowest BCUT2D eigenvalue weighted by atomic mass is 10.3. The Labute approximate surface area is 66.9 Å². The molecule has 0 spiro atoms. The quantitative estimate of drug-likeness (QED) is 0.449. The number of rotatable bonds is 4. The molecule has 0 aromatic rings. The van der Waals surface area contributed by atoms with E-state index in [0.29, 0.717) is 6.61 Å². The van der Waals surface area contributed by atoms with E-state index in [1.165, 1.54) is 6.08 Å². The Hall–Kier alpha value is -1.05. The van der Waals surface area contributed by atoms with Crippen LogP contribution in [0, 0.1) is 0 Å². The molecule has 0 aliphatic carbocycles. The molecule has 11 heavy (non-hydrogen) atoms. The maximum Gasteiger partial charge on any atom is 0.157 e. The zero-order chi connectivity index (χ0) is 8.85. The van der Waals surface area contributed by atoms with Gasteiger partial charge in [0.05, 0.1) is 6.61 Å². The molecule has 0 atom stereocenters. The fourth-order valence-electron chi connectivity index (χ4n) is 0.578. The normalized spacial score (nSPS) is 11.0. The Kier molecular flexibility index (Phi) is 4.27. The first kappa shape index (κ1) is 9.95. The van der Waals surface area contributed by atoms with Crippen molar-refractivity contribution >= 4 is 0 Å².